The maximum absolute atomic E-state index is 11.4. The lowest BCUT2D eigenvalue weighted by atomic mass is 9.88. The van der Waals surface area contributed by atoms with Crippen LogP contribution in [0.5, 0.6) is 0 Å². The maximum atomic E-state index is 11.4. The van der Waals surface area contributed by atoms with E-state index in [1.807, 2.05) is 6.92 Å². The van der Waals surface area contributed by atoms with Crippen LogP contribution < -0.4 is 0 Å². The normalized spacial score (nSPS) is 22.3. The predicted octanol–water partition coefficient (Wildman–Crippen LogP) is 4.56. The van der Waals surface area contributed by atoms with Crippen molar-refractivity contribution in [2.24, 2.45) is 17.8 Å². The Morgan fingerprint density at radius 1 is 1.13 bits per heavy atom. The molecule has 0 aliphatic carbocycles. The molecule has 0 saturated carbocycles. The van der Waals surface area contributed by atoms with Gasteiger partial charge in [-0.05, 0) is 63.2 Å². The average Bonchev–Trinajstić information content (AvgIpc) is 2.52. The molecule has 1 aliphatic rings. The highest BCUT2D eigenvalue weighted by molar-refractivity contribution is 5.69. The van der Waals surface area contributed by atoms with Crippen molar-refractivity contribution in [2.45, 2.75) is 78.9 Å². The third-order valence-electron chi connectivity index (χ3n) is 4.46. The van der Waals surface area contributed by atoms with Crippen LogP contribution in [0.1, 0.15) is 72.6 Å². The monoisotopic (exact) mass is 328 g/mol. The number of ether oxygens (including phenoxy) is 3. The molecule has 4 heteroatoms. The van der Waals surface area contributed by atoms with Crippen LogP contribution in [0, 0.1) is 17.8 Å². The molecule has 0 radical (unpaired) electrons. The standard InChI is InChI=1S/C19H36O4/c1-5-21-18(20)10-9-15(2)12-16(3)13-17(4)14-23-19-8-6-7-11-22-19/h15-17,19H,5-14H2,1-4H3/t15-,16-,17+,19?/m1/s1. The number of rotatable bonds is 11. The molecule has 23 heavy (non-hydrogen) atoms. The van der Waals surface area contributed by atoms with Gasteiger partial charge in [-0.25, -0.2) is 0 Å². The van der Waals surface area contributed by atoms with Gasteiger partial charge in [-0.2, -0.15) is 0 Å². The number of hydrogen-bond acceptors (Lipinski definition) is 4. The van der Waals surface area contributed by atoms with Crippen LogP contribution in [0.2, 0.25) is 0 Å². The number of hydrogen-bond donors (Lipinski definition) is 0. The van der Waals surface area contributed by atoms with Gasteiger partial charge in [0.1, 0.15) is 0 Å². The predicted molar refractivity (Wildman–Crippen MR) is 92.1 cm³/mol. The molecule has 1 aliphatic heterocycles. The number of carbonyl (C=O) groups is 1. The molecule has 1 fully saturated rings. The van der Waals surface area contributed by atoms with Gasteiger partial charge in [0.15, 0.2) is 6.29 Å². The van der Waals surface area contributed by atoms with Gasteiger partial charge in [0.2, 0.25) is 0 Å². The molecule has 0 amide bonds. The first-order chi connectivity index (χ1) is 11.0. The Labute approximate surface area is 142 Å². The van der Waals surface area contributed by atoms with Gasteiger partial charge in [0, 0.05) is 13.0 Å². The van der Waals surface area contributed by atoms with Crippen LogP contribution in [-0.4, -0.2) is 32.1 Å². The van der Waals surface area contributed by atoms with E-state index in [0.29, 0.717) is 30.8 Å². The minimum Gasteiger partial charge on any atom is -0.466 e. The summed E-state index contributed by atoms with van der Waals surface area (Å²) >= 11 is 0. The van der Waals surface area contributed by atoms with Gasteiger partial charge in [-0.3, -0.25) is 4.79 Å². The highest BCUT2D eigenvalue weighted by atomic mass is 16.7. The molecular weight excluding hydrogens is 292 g/mol. The van der Waals surface area contributed by atoms with E-state index in [9.17, 15) is 4.79 Å². The Morgan fingerprint density at radius 3 is 2.52 bits per heavy atom. The SMILES string of the molecule is CCOC(=O)CC[C@@H](C)C[C@@H](C)C[C@H](C)COC1CCCCO1. The lowest BCUT2D eigenvalue weighted by molar-refractivity contribution is -0.168. The summed E-state index contributed by atoms with van der Waals surface area (Å²) in [5.74, 6) is 1.69. The van der Waals surface area contributed by atoms with Gasteiger partial charge in [0.25, 0.3) is 0 Å². The molecule has 1 unspecified atom stereocenters. The van der Waals surface area contributed by atoms with Crippen LogP contribution in [0.25, 0.3) is 0 Å². The Kier molecular flexibility index (Phi) is 10.5. The largest absolute Gasteiger partial charge is 0.466 e. The zero-order valence-corrected chi connectivity index (χ0v) is 15.5. The average molecular weight is 328 g/mol. The van der Waals surface area contributed by atoms with E-state index in [-0.39, 0.29) is 12.3 Å². The van der Waals surface area contributed by atoms with Crippen LogP contribution in [0.3, 0.4) is 0 Å². The minimum atomic E-state index is -0.0683. The molecule has 136 valence electrons. The Bertz CT molecular complexity index is 312. The van der Waals surface area contributed by atoms with Crippen LogP contribution in [0.15, 0.2) is 0 Å². The summed E-state index contributed by atoms with van der Waals surface area (Å²) in [7, 11) is 0. The fourth-order valence-corrected chi connectivity index (χ4v) is 3.37. The van der Waals surface area contributed by atoms with E-state index in [0.717, 1.165) is 45.3 Å². The van der Waals surface area contributed by atoms with Crippen molar-refractivity contribution in [1.82, 2.24) is 0 Å². The van der Waals surface area contributed by atoms with Crippen molar-refractivity contribution in [3.63, 3.8) is 0 Å². The molecule has 0 bridgehead atoms. The smallest absolute Gasteiger partial charge is 0.305 e. The van der Waals surface area contributed by atoms with Gasteiger partial charge < -0.3 is 14.2 Å². The molecule has 1 saturated heterocycles. The van der Waals surface area contributed by atoms with Crippen molar-refractivity contribution in [1.29, 1.82) is 0 Å². The summed E-state index contributed by atoms with van der Waals surface area (Å²) in [4.78, 5) is 11.4. The van der Waals surface area contributed by atoms with Gasteiger partial charge in [-0.15, -0.1) is 0 Å². The quantitative estimate of drug-likeness (QED) is 0.522. The lowest BCUT2D eigenvalue weighted by Crippen LogP contribution is -2.25. The van der Waals surface area contributed by atoms with E-state index < -0.39 is 0 Å². The second-order valence-electron chi connectivity index (χ2n) is 7.26. The second-order valence-corrected chi connectivity index (χ2v) is 7.26. The van der Waals surface area contributed by atoms with Crippen molar-refractivity contribution >= 4 is 5.97 Å². The van der Waals surface area contributed by atoms with E-state index in [1.165, 1.54) is 6.42 Å². The number of carbonyl (C=O) groups excluding carboxylic acids is 1. The van der Waals surface area contributed by atoms with Gasteiger partial charge in [0.05, 0.1) is 13.2 Å². The summed E-state index contributed by atoms with van der Waals surface area (Å²) in [5.41, 5.74) is 0. The zero-order valence-electron chi connectivity index (χ0n) is 15.5. The van der Waals surface area contributed by atoms with Crippen LogP contribution in [0.4, 0.5) is 0 Å². The molecule has 0 N–H and O–H groups in total. The third kappa shape index (κ3) is 9.98. The second kappa shape index (κ2) is 11.9. The molecule has 0 aromatic rings. The Balaban J connectivity index is 2.11. The molecule has 4 atom stereocenters. The summed E-state index contributed by atoms with van der Waals surface area (Å²) < 4.78 is 16.5. The first-order valence-corrected chi connectivity index (χ1v) is 9.40. The summed E-state index contributed by atoms with van der Waals surface area (Å²) in [6, 6.07) is 0. The van der Waals surface area contributed by atoms with Crippen molar-refractivity contribution < 1.29 is 19.0 Å². The maximum Gasteiger partial charge on any atom is 0.305 e. The van der Waals surface area contributed by atoms with E-state index in [2.05, 4.69) is 20.8 Å². The van der Waals surface area contributed by atoms with E-state index >= 15 is 0 Å². The summed E-state index contributed by atoms with van der Waals surface area (Å²) in [5, 5.41) is 0. The first kappa shape index (κ1) is 20.4. The highest BCUT2D eigenvalue weighted by Crippen LogP contribution is 2.23. The molecule has 0 aromatic heterocycles. The lowest BCUT2D eigenvalue weighted by Gasteiger charge is -2.25. The molecular formula is C19H36O4. The van der Waals surface area contributed by atoms with E-state index in [4.69, 9.17) is 14.2 Å². The van der Waals surface area contributed by atoms with Crippen molar-refractivity contribution in [2.75, 3.05) is 19.8 Å². The number of esters is 1. The highest BCUT2D eigenvalue weighted by Gasteiger charge is 2.18. The van der Waals surface area contributed by atoms with Gasteiger partial charge in [-0.1, -0.05) is 20.8 Å². The molecule has 0 aromatic carbocycles. The Hall–Kier alpha value is -0.610. The third-order valence-corrected chi connectivity index (χ3v) is 4.46. The molecule has 1 heterocycles. The van der Waals surface area contributed by atoms with Crippen LogP contribution in [-0.2, 0) is 19.0 Å². The van der Waals surface area contributed by atoms with Crippen LogP contribution >= 0.6 is 0 Å². The molecule has 0 spiro atoms. The topological polar surface area (TPSA) is 44.8 Å². The molecule has 4 nitrogen and oxygen atoms in total. The fourth-order valence-electron chi connectivity index (χ4n) is 3.37. The fraction of sp³-hybridized carbons (Fsp3) is 0.947. The zero-order chi connectivity index (χ0) is 17.1. The summed E-state index contributed by atoms with van der Waals surface area (Å²) in [6.45, 7) is 10.7. The molecule has 1 rings (SSSR count). The Morgan fingerprint density at radius 2 is 1.87 bits per heavy atom. The minimum absolute atomic E-state index is 0.0185. The van der Waals surface area contributed by atoms with Gasteiger partial charge >= 0.3 is 5.97 Å². The van der Waals surface area contributed by atoms with Crippen molar-refractivity contribution in [3.8, 4) is 0 Å². The first-order valence-electron chi connectivity index (χ1n) is 9.40. The van der Waals surface area contributed by atoms with Crippen molar-refractivity contribution in [3.05, 3.63) is 0 Å². The van der Waals surface area contributed by atoms with E-state index in [1.54, 1.807) is 0 Å². The summed E-state index contributed by atoms with van der Waals surface area (Å²) in [6.07, 6.45) is 7.21.